The zero-order valence-corrected chi connectivity index (χ0v) is 8.49. The van der Waals surface area contributed by atoms with Gasteiger partial charge in [-0.15, -0.1) is 0 Å². The molecule has 2 aliphatic rings. The van der Waals surface area contributed by atoms with Crippen molar-refractivity contribution in [3.8, 4) is 0 Å². The molecular weight excluding hydrogens is 166 g/mol. The Kier molecular flexibility index (Phi) is 2.34. The van der Waals surface area contributed by atoms with Gasteiger partial charge in [0.15, 0.2) is 0 Å². The zero-order chi connectivity index (χ0) is 9.47. The van der Waals surface area contributed by atoms with Crippen LogP contribution in [0, 0.1) is 0 Å². The number of hydrogen-bond donors (Lipinski definition) is 1. The second-order valence-electron chi connectivity index (χ2n) is 4.55. The molecule has 1 N–H and O–H groups in total. The lowest BCUT2D eigenvalue weighted by Gasteiger charge is -2.37. The highest BCUT2D eigenvalue weighted by Gasteiger charge is 2.50. The van der Waals surface area contributed by atoms with Gasteiger partial charge in [0.05, 0.1) is 18.3 Å². The average molecular weight is 185 g/mol. The molecule has 0 bridgehead atoms. The molecule has 0 aromatic carbocycles. The minimum Gasteiger partial charge on any atom is -0.387 e. The summed E-state index contributed by atoms with van der Waals surface area (Å²) in [5.41, 5.74) is -0.479. The van der Waals surface area contributed by atoms with Crippen LogP contribution in [-0.2, 0) is 4.74 Å². The number of aliphatic hydroxyl groups is 1. The molecule has 3 nitrogen and oxygen atoms in total. The van der Waals surface area contributed by atoms with Crippen LogP contribution in [0.1, 0.15) is 26.7 Å². The monoisotopic (exact) mass is 185 g/mol. The second kappa shape index (κ2) is 3.23. The maximum Gasteiger partial charge on any atom is 0.0989 e. The first kappa shape index (κ1) is 9.44. The van der Waals surface area contributed by atoms with Crippen LogP contribution in [0.25, 0.3) is 0 Å². The normalized spacial score (nSPS) is 33.7. The molecule has 0 amide bonds. The summed E-state index contributed by atoms with van der Waals surface area (Å²) >= 11 is 0. The van der Waals surface area contributed by atoms with E-state index < -0.39 is 5.60 Å². The molecule has 0 spiro atoms. The van der Waals surface area contributed by atoms with Gasteiger partial charge in [0.25, 0.3) is 0 Å². The van der Waals surface area contributed by atoms with Crippen LogP contribution in [0.4, 0.5) is 0 Å². The molecule has 0 aromatic rings. The highest BCUT2D eigenvalue weighted by molar-refractivity contribution is 5.02. The van der Waals surface area contributed by atoms with Crippen molar-refractivity contribution in [1.82, 2.24) is 4.90 Å². The summed E-state index contributed by atoms with van der Waals surface area (Å²) < 4.78 is 5.59. The van der Waals surface area contributed by atoms with Crippen molar-refractivity contribution in [2.24, 2.45) is 0 Å². The summed E-state index contributed by atoms with van der Waals surface area (Å²) in [5.74, 6) is 0. The Morgan fingerprint density at radius 3 is 2.69 bits per heavy atom. The minimum atomic E-state index is -0.479. The summed E-state index contributed by atoms with van der Waals surface area (Å²) in [4.78, 5) is 2.38. The lowest BCUT2D eigenvalue weighted by Crippen LogP contribution is -2.50. The van der Waals surface area contributed by atoms with Gasteiger partial charge in [0, 0.05) is 19.1 Å². The van der Waals surface area contributed by atoms with E-state index >= 15 is 0 Å². The standard InChI is InChI=1S/C10H19NO2/c1-8(2)11-5-6-13-9(7-11)10(12)3-4-10/h8-9,12H,3-7H2,1-2H3. The number of rotatable bonds is 2. The van der Waals surface area contributed by atoms with Crippen molar-refractivity contribution in [2.75, 3.05) is 19.7 Å². The van der Waals surface area contributed by atoms with E-state index in [2.05, 4.69) is 18.7 Å². The molecular formula is C10H19NO2. The van der Waals surface area contributed by atoms with Crippen molar-refractivity contribution < 1.29 is 9.84 Å². The molecule has 1 saturated carbocycles. The van der Waals surface area contributed by atoms with Crippen LogP contribution >= 0.6 is 0 Å². The Labute approximate surface area is 79.7 Å². The second-order valence-corrected chi connectivity index (χ2v) is 4.55. The Balaban J connectivity index is 1.92. The van der Waals surface area contributed by atoms with E-state index in [0.717, 1.165) is 32.5 Å². The van der Waals surface area contributed by atoms with Gasteiger partial charge >= 0.3 is 0 Å². The first-order valence-electron chi connectivity index (χ1n) is 5.20. The third kappa shape index (κ3) is 1.87. The minimum absolute atomic E-state index is 0.0589. The fraction of sp³-hybridized carbons (Fsp3) is 1.00. The van der Waals surface area contributed by atoms with Crippen LogP contribution in [0.2, 0.25) is 0 Å². The molecule has 3 heteroatoms. The molecule has 2 fully saturated rings. The van der Waals surface area contributed by atoms with Crippen LogP contribution in [0.15, 0.2) is 0 Å². The van der Waals surface area contributed by atoms with Crippen molar-refractivity contribution in [3.05, 3.63) is 0 Å². The summed E-state index contributed by atoms with van der Waals surface area (Å²) in [7, 11) is 0. The Bertz CT molecular complexity index is 189. The number of nitrogens with zero attached hydrogens (tertiary/aromatic N) is 1. The molecule has 76 valence electrons. The Morgan fingerprint density at radius 1 is 1.46 bits per heavy atom. The predicted molar refractivity (Wildman–Crippen MR) is 50.6 cm³/mol. The number of morpholine rings is 1. The highest BCUT2D eigenvalue weighted by Crippen LogP contribution is 2.41. The lowest BCUT2D eigenvalue weighted by molar-refractivity contribution is -0.106. The average Bonchev–Trinajstić information content (AvgIpc) is 2.85. The zero-order valence-electron chi connectivity index (χ0n) is 8.49. The fourth-order valence-electron chi connectivity index (χ4n) is 1.91. The number of hydrogen-bond acceptors (Lipinski definition) is 3. The smallest absolute Gasteiger partial charge is 0.0989 e. The van der Waals surface area contributed by atoms with Gasteiger partial charge in [0.2, 0.25) is 0 Å². The molecule has 1 saturated heterocycles. The third-order valence-electron chi connectivity index (χ3n) is 3.19. The lowest BCUT2D eigenvalue weighted by atomic mass is 10.1. The predicted octanol–water partition coefficient (Wildman–Crippen LogP) is 0.620. The van der Waals surface area contributed by atoms with Gasteiger partial charge < -0.3 is 9.84 Å². The quantitative estimate of drug-likeness (QED) is 0.684. The molecule has 1 unspecified atom stereocenters. The molecule has 1 atom stereocenters. The van der Waals surface area contributed by atoms with E-state index in [1.54, 1.807) is 0 Å². The molecule has 13 heavy (non-hydrogen) atoms. The first-order chi connectivity index (χ1) is 6.12. The Morgan fingerprint density at radius 2 is 2.15 bits per heavy atom. The largest absolute Gasteiger partial charge is 0.387 e. The molecule has 1 heterocycles. The van der Waals surface area contributed by atoms with Crippen molar-refractivity contribution >= 4 is 0 Å². The third-order valence-corrected chi connectivity index (χ3v) is 3.19. The molecule has 1 aliphatic carbocycles. The van der Waals surface area contributed by atoms with Crippen LogP contribution in [0.5, 0.6) is 0 Å². The summed E-state index contributed by atoms with van der Waals surface area (Å²) in [5, 5.41) is 9.90. The maximum absolute atomic E-state index is 9.90. The van der Waals surface area contributed by atoms with E-state index in [-0.39, 0.29) is 6.10 Å². The molecule has 0 radical (unpaired) electrons. The van der Waals surface area contributed by atoms with Crippen molar-refractivity contribution in [2.45, 2.75) is 44.4 Å². The van der Waals surface area contributed by atoms with Crippen LogP contribution in [0.3, 0.4) is 0 Å². The van der Waals surface area contributed by atoms with Gasteiger partial charge in [0.1, 0.15) is 0 Å². The Hall–Kier alpha value is -0.120. The van der Waals surface area contributed by atoms with Gasteiger partial charge in [-0.3, -0.25) is 4.90 Å². The molecule has 2 rings (SSSR count). The van der Waals surface area contributed by atoms with Crippen LogP contribution < -0.4 is 0 Å². The van der Waals surface area contributed by atoms with Gasteiger partial charge in [-0.05, 0) is 26.7 Å². The van der Waals surface area contributed by atoms with Gasteiger partial charge in [-0.1, -0.05) is 0 Å². The van der Waals surface area contributed by atoms with E-state index in [0.29, 0.717) is 6.04 Å². The van der Waals surface area contributed by atoms with E-state index in [9.17, 15) is 5.11 Å². The summed E-state index contributed by atoms with van der Waals surface area (Å²) in [6.07, 6.45) is 1.90. The number of ether oxygens (including phenoxy) is 1. The van der Waals surface area contributed by atoms with Gasteiger partial charge in [-0.2, -0.15) is 0 Å². The van der Waals surface area contributed by atoms with E-state index in [1.165, 1.54) is 0 Å². The molecule has 0 aromatic heterocycles. The highest BCUT2D eigenvalue weighted by atomic mass is 16.5. The first-order valence-corrected chi connectivity index (χ1v) is 5.20. The van der Waals surface area contributed by atoms with E-state index in [4.69, 9.17) is 4.74 Å². The maximum atomic E-state index is 9.90. The van der Waals surface area contributed by atoms with Gasteiger partial charge in [-0.25, -0.2) is 0 Å². The summed E-state index contributed by atoms with van der Waals surface area (Å²) in [6.45, 7) is 7.06. The SMILES string of the molecule is CC(C)N1CCOC(C2(O)CC2)C1. The fourth-order valence-corrected chi connectivity index (χ4v) is 1.91. The summed E-state index contributed by atoms with van der Waals surface area (Å²) in [6, 6.07) is 0.564. The van der Waals surface area contributed by atoms with Crippen molar-refractivity contribution in [1.29, 1.82) is 0 Å². The van der Waals surface area contributed by atoms with Crippen molar-refractivity contribution in [3.63, 3.8) is 0 Å². The topological polar surface area (TPSA) is 32.7 Å². The van der Waals surface area contributed by atoms with E-state index in [1.807, 2.05) is 0 Å². The van der Waals surface area contributed by atoms with Crippen LogP contribution in [-0.4, -0.2) is 47.4 Å². The molecule has 1 aliphatic heterocycles.